The van der Waals surface area contributed by atoms with Crippen LogP contribution in [0.15, 0.2) is 39.9 Å². The fourth-order valence-corrected chi connectivity index (χ4v) is 5.53. The highest BCUT2D eigenvalue weighted by Gasteiger charge is 2.26. The van der Waals surface area contributed by atoms with Crippen LogP contribution in [0.5, 0.6) is 5.75 Å². The van der Waals surface area contributed by atoms with Gasteiger partial charge in [-0.05, 0) is 59.9 Å². The number of benzene rings is 1. The highest BCUT2D eigenvalue weighted by atomic mass is 32.2. The predicted molar refractivity (Wildman–Crippen MR) is 111 cm³/mol. The number of carbonyl (C=O) groups excluding carboxylic acids is 1. The van der Waals surface area contributed by atoms with Gasteiger partial charge in [0.1, 0.15) is 5.75 Å². The van der Waals surface area contributed by atoms with Crippen molar-refractivity contribution < 1.29 is 17.9 Å². The Hall–Kier alpha value is -1.90. The molecule has 1 N–H and O–H groups in total. The van der Waals surface area contributed by atoms with Gasteiger partial charge >= 0.3 is 0 Å². The van der Waals surface area contributed by atoms with E-state index in [0.29, 0.717) is 37.4 Å². The maximum Gasteiger partial charge on any atom is 0.243 e. The number of sulfonamides is 1. The Labute approximate surface area is 170 Å². The lowest BCUT2D eigenvalue weighted by Gasteiger charge is -2.21. The number of rotatable bonds is 7. The minimum absolute atomic E-state index is 0.172. The van der Waals surface area contributed by atoms with Crippen LogP contribution in [0.25, 0.3) is 0 Å². The van der Waals surface area contributed by atoms with Crippen LogP contribution in [0.2, 0.25) is 0 Å². The van der Waals surface area contributed by atoms with Crippen molar-refractivity contribution in [2.24, 2.45) is 0 Å². The molecule has 3 rings (SSSR count). The maximum atomic E-state index is 13.0. The van der Waals surface area contributed by atoms with Gasteiger partial charge in [0.25, 0.3) is 0 Å². The summed E-state index contributed by atoms with van der Waals surface area (Å²) in [7, 11) is -2.09. The van der Waals surface area contributed by atoms with E-state index in [1.807, 2.05) is 16.8 Å². The van der Waals surface area contributed by atoms with Gasteiger partial charge in [-0.1, -0.05) is 12.8 Å². The van der Waals surface area contributed by atoms with Gasteiger partial charge in [-0.2, -0.15) is 15.6 Å². The summed E-state index contributed by atoms with van der Waals surface area (Å²) in [4.78, 5) is 12.5. The van der Waals surface area contributed by atoms with Gasteiger partial charge in [-0.3, -0.25) is 4.79 Å². The Morgan fingerprint density at radius 2 is 1.93 bits per heavy atom. The van der Waals surface area contributed by atoms with E-state index in [4.69, 9.17) is 4.74 Å². The molecule has 1 fully saturated rings. The predicted octanol–water partition coefficient (Wildman–Crippen LogP) is 3.89. The van der Waals surface area contributed by atoms with Gasteiger partial charge in [0, 0.05) is 19.5 Å². The molecule has 8 heteroatoms. The first-order valence-electron chi connectivity index (χ1n) is 9.50. The molecule has 1 aliphatic heterocycles. The van der Waals surface area contributed by atoms with E-state index < -0.39 is 10.0 Å². The second kappa shape index (κ2) is 9.54. The van der Waals surface area contributed by atoms with Gasteiger partial charge in [-0.15, -0.1) is 0 Å². The zero-order chi connectivity index (χ0) is 20.0. The summed E-state index contributed by atoms with van der Waals surface area (Å²) in [5, 5.41) is 6.80. The van der Waals surface area contributed by atoms with Crippen molar-refractivity contribution in [2.75, 3.05) is 25.5 Å². The molecular formula is C20H26N2O4S2. The van der Waals surface area contributed by atoms with E-state index in [0.717, 1.165) is 31.2 Å². The summed E-state index contributed by atoms with van der Waals surface area (Å²) in [5.41, 5.74) is 1.50. The molecule has 0 atom stereocenters. The number of amides is 1. The SMILES string of the molecule is COc1ccc(S(=O)(=O)N2CCCCCC2)cc1NC(=O)CCc1ccsc1. The van der Waals surface area contributed by atoms with Crippen LogP contribution in [0.3, 0.4) is 0 Å². The van der Waals surface area contributed by atoms with Crippen molar-refractivity contribution in [3.8, 4) is 5.75 Å². The number of hydrogen-bond donors (Lipinski definition) is 1. The molecule has 28 heavy (non-hydrogen) atoms. The summed E-state index contributed by atoms with van der Waals surface area (Å²) in [6, 6.07) is 6.63. The molecule has 1 amide bonds. The summed E-state index contributed by atoms with van der Waals surface area (Å²) in [5.74, 6) is 0.271. The number of anilines is 1. The summed E-state index contributed by atoms with van der Waals surface area (Å²) in [6.45, 7) is 1.08. The van der Waals surface area contributed by atoms with Crippen molar-refractivity contribution in [3.63, 3.8) is 0 Å². The van der Waals surface area contributed by atoms with Crippen molar-refractivity contribution in [2.45, 2.75) is 43.4 Å². The van der Waals surface area contributed by atoms with Crippen molar-refractivity contribution in [3.05, 3.63) is 40.6 Å². The van der Waals surface area contributed by atoms with Crippen molar-refractivity contribution >= 4 is 33.0 Å². The summed E-state index contributed by atoms with van der Waals surface area (Å²) < 4.78 is 32.9. The number of carbonyl (C=O) groups is 1. The Balaban J connectivity index is 1.76. The third-order valence-corrected chi connectivity index (χ3v) is 7.50. The number of hydrogen-bond acceptors (Lipinski definition) is 5. The van der Waals surface area contributed by atoms with Crippen LogP contribution >= 0.6 is 11.3 Å². The number of thiophene rings is 1. The molecule has 0 radical (unpaired) electrons. The zero-order valence-corrected chi connectivity index (χ0v) is 17.7. The molecule has 1 aliphatic rings. The fraction of sp³-hybridized carbons (Fsp3) is 0.450. The Morgan fingerprint density at radius 1 is 1.18 bits per heavy atom. The average Bonchev–Trinajstić information content (AvgIpc) is 3.05. The highest BCUT2D eigenvalue weighted by Crippen LogP contribution is 2.30. The third-order valence-electron chi connectivity index (χ3n) is 4.87. The Morgan fingerprint density at radius 3 is 2.57 bits per heavy atom. The molecule has 1 aromatic carbocycles. The summed E-state index contributed by atoms with van der Waals surface area (Å²) >= 11 is 1.60. The van der Waals surface area contributed by atoms with Crippen LogP contribution in [0, 0.1) is 0 Å². The first kappa shape index (κ1) is 20.8. The minimum atomic E-state index is -3.59. The quantitative estimate of drug-likeness (QED) is 0.734. The smallest absolute Gasteiger partial charge is 0.243 e. The van der Waals surface area contributed by atoms with E-state index in [1.165, 1.54) is 13.2 Å². The molecular weight excluding hydrogens is 396 g/mol. The number of ether oxygens (including phenoxy) is 1. The topological polar surface area (TPSA) is 75.7 Å². The fourth-order valence-electron chi connectivity index (χ4n) is 3.28. The molecule has 1 aromatic heterocycles. The first-order valence-corrected chi connectivity index (χ1v) is 11.9. The number of methoxy groups -OCH3 is 1. The molecule has 2 aromatic rings. The van der Waals surface area contributed by atoms with Crippen LogP contribution < -0.4 is 10.1 Å². The van der Waals surface area contributed by atoms with Gasteiger partial charge in [-0.25, -0.2) is 8.42 Å². The second-order valence-electron chi connectivity index (χ2n) is 6.86. The van der Waals surface area contributed by atoms with Crippen LogP contribution in [-0.4, -0.2) is 38.8 Å². The van der Waals surface area contributed by atoms with Gasteiger partial charge in [0.2, 0.25) is 15.9 Å². The Kier molecular flexibility index (Phi) is 7.09. The first-order chi connectivity index (χ1) is 13.5. The van der Waals surface area contributed by atoms with Crippen LogP contribution in [-0.2, 0) is 21.2 Å². The lowest BCUT2D eigenvalue weighted by molar-refractivity contribution is -0.116. The lowest BCUT2D eigenvalue weighted by Crippen LogP contribution is -2.32. The van der Waals surface area contributed by atoms with E-state index in [9.17, 15) is 13.2 Å². The van der Waals surface area contributed by atoms with Crippen molar-refractivity contribution in [1.29, 1.82) is 0 Å². The Bertz CT molecular complexity index is 887. The molecule has 152 valence electrons. The number of nitrogens with zero attached hydrogens (tertiary/aromatic N) is 1. The molecule has 6 nitrogen and oxygen atoms in total. The maximum absolute atomic E-state index is 13.0. The summed E-state index contributed by atoms with van der Waals surface area (Å²) in [6.07, 6.45) is 4.83. The largest absolute Gasteiger partial charge is 0.495 e. The zero-order valence-electron chi connectivity index (χ0n) is 16.0. The van der Waals surface area contributed by atoms with Crippen molar-refractivity contribution in [1.82, 2.24) is 4.31 Å². The van der Waals surface area contributed by atoms with Crippen LogP contribution in [0.4, 0.5) is 5.69 Å². The molecule has 0 bridgehead atoms. The van der Waals surface area contributed by atoms with Gasteiger partial charge in [0.05, 0.1) is 17.7 Å². The second-order valence-corrected chi connectivity index (χ2v) is 9.58. The van der Waals surface area contributed by atoms with E-state index in [-0.39, 0.29) is 10.8 Å². The molecule has 0 spiro atoms. The average molecular weight is 423 g/mol. The van der Waals surface area contributed by atoms with Crippen LogP contribution in [0.1, 0.15) is 37.7 Å². The number of nitrogens with one attached hydrogen (secondary N) is 1. The molecule has 1 saturated heterocycles. The molecule has 0 unspecified atom stereocenters. The van der Waals surface area contributed by atoms with E-state index >= 15 is 0 Å². The minimum Gasteiger partial charge on any atom is -0.495 e. The van der Waals surface area contributed by atoms with E-state index in [1.54, 1.807) is 27.8 Å². The molecule has 2 heterocycles. The highest BCUT2D eigenvalue weighted by molar-refractivity contribution is 7.89. The monoisotopic (exact) mass is 422 g/mol. The standard InChI is InChI=1S/C20H26N2O4S2/c1-26-19-8-7-17(28(24,25)22-11-4-2-3-5-12-22)14-18(19)21-20(23)9-6-16-10-13-27-15-16/h7-8,10,13-15H,2-6,9,11-12H2,1H3,(H,21,23). The molecule has 0 saturated carbocycles. The lowest BCUT2D eigenvalue weighted by atomic mass is 10.2. The van der Waals surface area contributed by atoms with Gasteiger partial charge < -0.3 is 10.1 Å². The number of aryl methyl sites for hydroxylation is 1. The van der Waals surface area contributed by atoms with E-state index in [2.05, 4.69) is 5.32 Å². The van der Waals surface area contributed by atoms with Gasteiger partial charge in [0.15, 0.2) is 0 Å². The third kappa shape index (κ3) is 5.12. The molecule has 0 aliphatic carbocycles. The normalized spacial score (nSPS) is 15.8.